The largest absolute Gasteiger partial charge is 0.479 e. The molecule has 0 saturated carbocycles. The molecular weight excluding hydrogens is 268 g/mol. The van der Waals surface area contributed by atoms with Crippen LogP contribution in [0, 0.1) is 13.8 Å². The van der Waals surface area contributed by atoms with Crippen molar-refractivity contribution in [3.05, 3.63) is 35.4 Å². The van der Waals surface area contributed by atoms with Crippen LogP contribution >= 0.6 is 0 Å². The van der Waals surface area contributed by atoms with Crippen LogP contribution in [0.1, 0.15) is 11.1 Å². The number of esters is 1. The Morgan fingerprint density at radius 1 is 1.10 bits per heavy atom. The molecule has 0 aromatic heterocycles. The molecular formula is C13H16O7. The Morgan fingerprint density at radius 3 is 1.85 bits per heavy atom. The molecule has 0 aliphatic carbocycles. The van der Waals surface area contributed by atoms with Gasteiger partial charge in [0.1, 0.15) is 0 Å². The van der Waals surface area contributed by atoms with E-state index in [1.54, 1.807) is 0 Å². The minimum absolute atomic E-state index is 0.278. The van der Waals surface area contributed by atoms with Crippen LogP contribution in [-0.2, 0) is 19.1 Å². The summed E-state index contributed by atoms with van der Waals surface area (Å²) in [4.78, 5) is 29.8. The lowest BCUT2D eigenvalue weighted by atomic mass is 10.1. The van der Waals surface area contributed by atoms with Crippen LogP contribution in [-0.4, -0.2) is 45.9 Å². The van der Waals surface area contributed by atoms with Gasteiger partial charge in [0.2, 0.25) is 0 Å². The maximum Gasteiger partial charge on any atom is 0.345 e. The van der Waals surface area contributed by atoms with E-state index in [1.807, 2.05) is 0 Å². The van der Waals surface area contributed by atoms with Crippen molar-refractivity contribution in [2.45, 2.75) is 26.1 Å². The Labute approximate surface area is 115 Å². The fourth-order valence-corrected chi connectivity index (χ4v) is 1.04. The van der Waals surface area contributed by atoms with Crippen molar-refractivity contribution in [3.63, 3.8) is 0 Å². The number of carbonyl (C=O) groups excluding carboxylic acids is 2. The molecule has 110 valence electrons. The Kier molecular flexibility index (Phi) is 7.80. The number of aliphatic hydroxyl groups excluding tert-OH is 2. The van der Waals surface area contributed by atoms with Crippen molar-refractivity contribution < 1.29 is 34.4 Å². The predicted molar refractivity (Wildman–Crippen MR) is 67.7 cm³/mol. The molecule has 2 atom stereocenters. The van der Waals surface area contributed by atoms with Gasteiger partial charge in [-0.25, -0.2) is 9.59 Å². The average Bonchev–Trinajstić information content (AvgIpc) is 2.41. The highest BCUT2D eigenvalue weighted by Gasteiger charge is 2.31. The first-order valence-electron chi connectivity index (χ1n) is 5.56. The van der Waals surface area contributed by atoms with Crippen molar-refractivity contribution >= 4 is 18.4 Å². The lowest BCUT2D eigenvalue weighted by molar-refractivity contribution is -0.171. The first-order chi connectivity index (χ1) is 9.31. The highest BCUT2D eigenvalue weighted by Crippen LogP contribution is 2.02. The number of carboxylic acids is 1. The molecule has 0 radical (unpaired) electrons. The number of carbonyl (C=O) groups is 3. The zero-order chi connectivity index (χ0) is 15.7. The summed E-state index contributed by atoms with van der Waals surface area (Å²) in [6.07, 6.45) is -4.55. The van der Waals surface area contributed by atoms with Crippen molar-refractivity contribution in [2.75, 3.05) is 0 Å². The fourth-order valence-electron chi connectivity index (χ4n) is 1.04. The summed E-state index contributed by atoms with van der Waals surface area (Å²) >= 11 is 0. The number of aliphatic carboxylic acids is 1. The van der Waals surface area contributed by atoms with Gasteiger partial charge < -0.3 is 20.1 Å². The number of ether oxygens (including phenoxy) is 1. The van der Waals surface area contributed by atoms with E-state index in [0.29, 0.717) is 0 Å². The molecule has 0 saturated heterocycles. The van der Waals surface area contributed by atoms with Gasteiger partial charge >= 0.3 is 18.4 Å². The van der Waals surface area contributed by atoms with Crippen molar-refractivity contribution in [3.8, 4) is 0 Å². The minimum Gasteiger partial charge on any atom is -0.479 e. The third kappa shape index (κ3) is 6.07. The Balaban J connectivity index is 0.000000388. The number of rotatable bonds is 4. The van der Waals surface area contributed by atoms with Crippen LogP contribution < -0.4 is 0 Å². The molecule has 1 rings (SSSR count). The van der Waals surface area contributed by atoms with Crippen molar-refractivity contribution in [1.29, 1.82) is 0 Å². The van der Waals surface area contributed by atoms with E-state index in [1.165, 1.54) is 11.1 Å². The Bertz CT molecular complexity index is 449. The number of benzene rings is 1. The van der Waals surface area contributed by atoms with Gasteiger partial charge in [0.25, 0.3) is 0 Å². The SMILES string of the molecule is Cc1ccccc1C.O=COC(=O)C(O)C(O)C(=O)O. The average molecular weight is 284 g/mol. The number of aryl methyl sites for hydroxylation is 2. The van der Waals surface area contributed by atoms with E-state index >= 15 is 0 Å². The molecule has 7 nitrogen and oxygen atoms in total. The molecule has 0 fully saturated rings. The molecule has 1 aromatic rings. The van der Waals surface area contributed by atoms with Gasteiger partial charge in [-0.2, -0.15) is 0 Å². The highest BCUT2D eigenvalue weighted by atomic mass is 16.6. The van der Waals surface area contributed by atoms with E-state index in [-0.39, 0.29) is 6.47 Å². The zero-order valence-electron chi connectivity index (χ0n) is 11.0. The van der Waals surface area contributed by atoms with Crippen LogP contribution in [0.2, 0.25) is 0 Å². The van der Waals surface area contributed by atoms with E-state index in [0.717, 1.165) is 0 Å². The van der Waals surface area contributed by atoms with Crippen molar-refractivity contribution in [1.82, 2.24) is 0 Å². The molecule has 2 unspecified atom stereocenters. The molecule has 3 N–H and O–H groups in total. The lowest BCUT2D eigenvalue weighted by Gasteiger charge is -2.09. The van der Waals surface area contributed by atoms with Crippen LogP contribution in [0.3, 0.4) is 0 Å². The molecule has 0 heterocycles. The maximum absolute atomic E-state index is 10.4. The summed E-state index contributed by atoms with van der Waals surface area (Å²) in [6, 6.07) is 8.36. The van der Waals surface area contributed by atoms with Gasteiger partial charge in [0, 0.05) is 0 Å². The van der Waals surface area contributed by atoms with Crippen LogP contribution in [0.25, 0.3) is 0 Å². The molecule has 0 bridgehead atoms. The van der Waals surface area contributed by atoms with E-state index in [2.05, 4.69) is 42.8 Å². The summed E-state index contributed by atoms with van der Waals surface area (Å²) in [5.41, 5.74) is 2.74. The fraction of sp³-hybridized carbons (Fsp3) is 0.308. The summed E-state index contributed by atoms with van der Waals surface area (Å²) in [6.45, 7) is 3.96. The van der Waals surface area contributed by atoms with Crippen LogP contribution in [0.15, 0.2) is 24.3 Å². The van der Waals surface area contributed by atoms with E-state index in [9.17, 15) is 14.4 Å². The number of carboxylic acid groups (broad SMARTS) is 1. The number of hydrogen-bond donors (Lipinski definition) is 3. The number of aliphatic hydroxyl groups is 2. The first kappa shape index (κ1) is 17.8. The molecule has 0 aliphatic heterocycles. The molecule has 1 aromatic carbocycles. The van der Waals surface area contributed by atoms with Gasteiger partial charge in [-0.15, -0.1) is 0 Å². The topological polar surface area (TPSA) is 121 Å². The number of hydrogen-bond acceptors (Lipinski definition) is 6. The standard InChI is InChI=1S/C8H10.C5H6O7/c1-7-5-3-4-6-8(7)2;6-1-12-5(11)3(8)2(7)4(9)10/h3-6H,1-2H3;1-3,7-8H,(H,9,10). The predicted octanol–water partition coefficient (Wildman–Crippen LogP) is -0.204. The van der Waals surface area contributed by atoms with Gasteiger partial charge in [-0.3, -0.25) is 4.79 Å². The van der Waals surface area contributed by atoms with Gasteiger partial charge in [0.05, 0.1) is 0 Å². The van der Waals surface area contributed by atoms with Gasteiger partial charge in [-0.1, -0.05) is 24.3 Å². The quantitative estimate of drug-likeness (QED) is 0.397. The van der Waals surface area contributed by atoms with Crippen LogP contribution in [0.4, 0.5) is 0 Å². The summed E-state index contributed by atoms with van der Waals surface area (Å²) in [5.74, 6) is -3.30. The molecule has 0 amide bonds. The monoisotopic (exact) mass is 284 g/mol. The molecule has 0 aliphatic rings. The first-order valence-corrected chi connectivity index (χ1v) is 5.56. The Morgan fingerprint density at radius 2 is 1.55 bits per heavy atom. The van der Waals surface area contributed by atoms with Crippen molar-refractivity contribution in [2.24, 2.45) is 0 Å². The lowest BCUT2D eigenvalue weighted by Crippen LogP contribution is -2.40. The van der Waals surface area contributed by atoms with Gasteiger partial charge in [0.15, 0.2) is 12.2 Å². The third-order valence-corrected chi connectivity index (χ3v) is 2.38. The second-order valence-electron chi connectivity index (χ2n) is 3.85. The molecule has 7 heteroatoms. The second kappa shape index (κ2) is 8.78. The van der Waals surface area contributed by atoms with E-state index in [4.69, 9.17) is 15.3 Å². The summed E-state index contributed by atoms with van der Waals surface area (Å²) in [7, 11) is 0. The summed E-state index contributed by atoms with van der Waals surface area (Å²) in [5, 5.41) is 25.2. The second-order valence-corrected chi connectivity index (χ2v) is 3.85. The highest BCUT2D eigenvalue weighted by molar-refractivity contribution is 5.86. The minimum atomic E-state index is -2.29. The summed E-state index contributed by atoms with van der Waals surface area (Å²) < 4.78 is 3.58. The molecule has 0 spiro atoms. The van der Waals surface area contributed by atoms with E-state index < -0.39 is 24.1 Å². The smallest absolute Gasteiger partial charge is 0.345 e. The Hall–Kier alpha value is -2.25. The maximum atomic E-state index is 10.4. The zero-order valence-corrected chi connectivity index (χ0v) is 11.0. The van der Waals surface area contributed by atoms with Crippen LogP contribution in [0.5, 0.6) is 0 Å². The normalized spacial score (nSPS) is 12.4. The molecule has 20 heavy (non-hydrogen) atoms. The third-order valence-electron chi connectivity index (χ3n) is 2.38. The van der Waals surface area contributed by atoms with Gasteiger partial charge in [-0.05, 0) is 25.0 Å².